The molecule has 0 aromatic carbocycles. The van der Waals surface area contributed by atoms with Gasteiger partial charge in [0.25, 0.3) is 0 Å². The van der Waals surface area contributed by atoms with Crippen molar-refractivity contribution in [2.75, 3.05) is 0 Å². The van der Waals surface area contributed by atoms with E-state index in [2.05, 4.69) is 6.92 Å². The van der Waals surface area contributed by atoms with Crippen molar-refractivity contribution in [2.45, 2.75) is 65.3 Å². The summed E-state index contributed by atoms with van der Waals surface area (Å²) in [6.45, 7) is 5.41. The van der Waals surface area contributed by atoms with Crippen LogP contribution in [-0.4, -0.2) is 17.8 Å². The molecule has 0 amide bonds. The summed E-state index contributed by atoms with van der Waals surface area (Å²) < 4.78 is 31.4. The van der Waals surface area contributed by atoms with E-state index in [1.165, 1.54) is 12.5 Å². The molecule has 3 fully saturated rings. The van der Waals surface area contributed by atoms with Crippen LogP contribution in [0.15, 0.2) is 23.8 Å². The highest BCUT2D eigenvalue weighted by atomic mass is 16.5. The molecule has 4 aliphatic rings. The van der Waals surface area contributed by atoms with Crippen LogP contribution in [0.5, 0.6) is 0 Å². The van der Waals surface area contributed by atoms with E-state index < -0.39 is 23.8 Å². The second kappa shape index (κ2) is 5.31. The SMILES string of the molecule is [2H]C1([2H])C[C@H]2[C@@H]3CCC4=CC(=O)C=C[C@]4(C)[C@H]3CC[C@]2(C)[C@@]1([2H])OC(C)=O. The minimum Gasteiger partial charge on any atom is -0.462 e. The van der Waals surface area contributed by atoms with Gasteiger partial charge in [0, 0.05) is 20.5 Å². The number of esters is 1. The second-order valence-electron chi connectivity index (χ2n) is 8.36. The van der Waals surface area contributed by atoms with Gasteiger partial charge in [-0.15, -0.1) is 0 Å². The van der Waals surface area contributed by atoms with Crippen molar-refractivity contribution in [3.63, 3.8) is 0 Å². The van der Waals surface area contributed by atoms with Crippen molar-refractivity contribution in [1.29, 1.82) is 0 Å². The second-order valence-corrected chi connectivity index (χ2v) is 8.36. The third-order valence-corrected chi connectivity index (χ3v) is 7.19. The highest BCUT2D eigenvalue weighted by Crippen LogP contribution is 2.64. The molecule has 3 nitrogen and oxygen atoms in total. The number of hydrogen-bond acceptors (Lipinski definition) is 3. The molecule has 130 valence electrons. The van der Waals surface area contributed by atoms with E-state index in [4.69, 9.17) is 8.85 Å². The van der Waals surface area contributed by atoms with Crippen molar-refractivity contribution in [3.05, 3.63) is 23.8 Å². The first-order valence-corrected chi connectivity index (χ1v) is 9.08. The summed E-state index contributed by atoms with van der Waals surface area (Å²) in [5.41, 5.74) is 0.326. The lowest BCUT2D eigenvalue weighted by molar-refractivity contribution is -0.156. The highest BCUT2D eigenvalue weighted by Gasteiger charge is 2.59. The van der Waals surface area contributed by atoms with E-state index in [9.17, 15) is 9.59 Å². The smallest absolute Gasteiger partial charge is 0.302 e. The predicted octanol–water partition coefficient (Wildman–Crippen LogP) is 4.23. The van der Waals surface area contributed by atoms with Gasteiger partial charge < -0.3 is 4.74 Å². The van der Waals surface area contributed by atoms with Gasteiger partial charge in [0.15, 0.2) is 5.78 Å². The van der Waals surface area contributed by atoms with E-state index in [1.807, 2.05) is 13.0 Å². The van der Waals surface area contributed by atoms with Crippen molar-refractivity contribution >= 4 is 11.8 Å². The van der Waals surface area contributed by atoms with Crippen molar-refractivity contribution in [2.24, 2.45) is 28.6 Å². The molecular weight excluding hydrogens is 300 g/mol. The normalized spacial score (nSPS) is 53.6. The fourth-order valence-electron chi connectivity index (χ4n) is 5.88. The van der Waals surface area contributed by atoms with E-state index in [0.717, 1.165) is 19.3 Å². The molecule has 0 aliphatic heterocycles. The summed E-state index contributed by atoms with van der Waals surface area (Å²) in [5, 5.41) is 0. The maximum absolute atomic E-state index is 11.8. The maximum atomic E-state index is 11.8. The van der Waals surface area contributed by atoms with E-state index in [-0.39, 0.29) is 29.5 Å². The third kappa shape index (κ3) is 2.16. The lowest BCUT2D eigenvalue weighted by Gasteiger charge is -2.56. The minimum absolute atomic E-state index is 0.00694. The molecule has 0 N–H and O–H groups in total. The molecule has 3 heteroatoms. The fraction of sp³-hybridized carbons (Fsp3) is 0.714. The Labute approximate surface area is 148 Å². The summed E-state index contributed by atoms with van der Waals surface area (Å²) in [4.78, 5) is 23.5. The number of ether oxygens (including phenoxy) is 1. The average Bonchev–Trinajstić information content (AvgIpc) is 2.71. The number of carbonyl (C=O) groups is 2. The number of carbonyl (C=O) groups excluding carboxylic acids is 2. The molecule has 0 bridgehead atoms. The van der Waals surface area contributed by atoms with Gasteiger partial charge in [0.05, 0.1) is 1.37 Å². The zero-order chi connectivity index (χ0) is 19.8. The zero-order valence-electron chi connectivity index (χ0n) is 17.7. The zero-order valence-corrected chi connectivity index (χ0v) is 14.7. The van der Waals surface area contributed by atoms with Crippen LogP contribution >= 0.6 is 0 Å². The standard InChI is InChI=1S/C21H28O3/c1-13(22)24-19-7-6-17-16-5-4-14-12-15(23)8-10-20(14,2)18(16)9-11-21(17,19)3/h8,10,12,16-19H,4-7,9,11H2,1-3H3/t16-,17-,18-,19-,20-,21-/m0/s1/i7D2,19D. The summed E-state index contributed by atoms with van der Waals surface area (Å²) in [7, 11) is 0. The summed E-state index contributed by atoms with van der Waals surface area (Å²) >= 11 is 0. The Morgan fingerprint density at radius 3 is 2.88 bits per heavy atom. The van der Waals surface area contributed by atoms with E-state index in [0.29, 0.717) is 12.3 Å². The molecule has 0 radical (unpaired) electrons. The number of rotatable bonds is 1. The molecule has 0 unspecified atom stereocenters. The Morgan fingerprint density at radius 1 is 1.33 bits per heavy atom. The fourth-order valence-corrected chi connectivity index (χ4v) is 5.88. The van der Waals surface area contributed by atoms with E-state index in [1.54, 1.807) is 12.2 Å². The monoisotopic (exact) mass is 331 g/mol. The summed E-state index contributed by atoms with van der Waals surface area (Å²) in [6, 6.07) is 0. The van der Waals surface area contributed by atoms with Crippen LogP contribution in [0.2, 0.25) is 0 Å². The van der Waals surface area contributed by atoms with Crippen LogP contribution in [0, 0.1) is 28.6 Å². The Morgan fingerprint density at radius 2 is 2.12 bits per heavy atom. The van der Waals surface area contributed by atoms with Gasteiger partial charge in [-0.3, -0.25) is 9.59 Å². The molecule has 0 saturated heterocycles. The maximum Gasteiger partial charge on any atom is 0.302 e. The first-order valence-electron chi connectivity index (χ1n) is 10.6. The van der Waals surface area contributed by atoms with Gasteiger partial charge in [-0.2, -0.15) is 0 Å². The molecular formula is C21H28O3. The van der Waals surface area contributed by atoms with Gasteiger partial charge in [-0.1, -0.05) is 25.5 Å². The van der Waals surface area contributed by atoms with Gasteiger partial charge in [-0.25, -0.2) is 0 Å². The van der Waals surface area contributed by atoms with Crippen LogP contribution in [0.25, 0.3) is 0 Å². The van der Waals surface area contributed by atoms with Crippen molar-refractivity contribution < 1.29 is 18.4 Å². The van der Waals surface area contributed by atoms with Gasteiger partial charge in [-0.05, 0) is 68.4 Å². The van der Waals surface area contributed by atoms with Crippen LogP contribution in [0.4, 0.5) is 0 Å². The number of fused-ring (bicyclic) bond motifs is 5. The predicted molar refractivity (Wildman–Crippen MR) is 92.2 cm³/mol. The number of hydrogen-bond donors (Lipinski definition) is 0. The van der Waals surface area contributed by atoms with Crippen LogP contribution in [-0.2, 0) is 14.3 Å². The molecule has 6 atom stereocenters. The quantitative estimate of drug-likeness (QED) is 0.676. The lowest BCUT2D eigenvalue weighted by Crippen LogP contribution is -2.50. The van der Waals surface area contributed by atoms with E-state index >= 15 is 0 Å². The highest BCUT2D eigenvalue weighted by molar-refractivity contribution is 6.01. The van der Waals surface area contributed by atoms with Gasteiger partial charge in [0.1, 0.15) is 6.08 Å². The first kappa shape index (κ1) is 12.9. The Balaban J connectivity index is 1.74. The average molecular weight is 331 g/mol. The molecule has 0 aromatic heterocycles. The molecule has 3 saturated carbocycles. The van der Waals surface area contributed by atoms with Crippen LogP contribution in [0.3, 0.4) is 0 Å². The molecule has 0 heterocycles. The molecule has 0 spiro atoms. The van der Waals surface area contributed by atoms with Crippen molar-refractivity contribution in [3.8, 4) is 0 Å². The molecule has 0 aromatic rings. The Bertz CT molecular complexity index is 773. The van der Waals surface area contributed by atoms with Crippen molar-refractivity contribution in [1.82, 2.24) is 0 Å². The Kier molecular flexibility index (Phi) is 2.85. The topological polar surface area (TPSA) is 43.4 Å². The minimum atomic E-state index is -1.87. The third-order valence-electron chi connectivity index (χ3n) is 7.19. The molecule has 4 rings (SSSR count). The van der Waals surface area contributed by atoms with Gasteiger partial charge >= 0.3 is 5.97 Å². The summed E-state index contributed by atoms with van der Waals surface area (Å²) in [6.07, 6.45) is 5.27. The Hall–Kier alpha value is -1.38. The molecule has 4 aliphatic carbocycles. The first-order chi connectivity index (χ1) is 12.4. The molecule has 24 heavy (non-hydrogen) atoms. The van der Waals surface area contributed by atoms with Crippen LogP contribution < -0.4 is 0 Å². The number of ketones is 1. The summed E-state index contributed by atoms with van der Waals surface area (Å²) in [5.74, 6) is 0.0516. The largest absolute Gasteiger partial charge is 0.462 e. The van der Waals surface area contributed by atoms with Crippen LogP contribution in [0.1, 0.15) is 63.4 Å². The van der Waals surface area contributed by atoms with Gasteiger partial charge in [0.2, 0.25) is 0 Å². The number of allylic oxidation sites excluding steroid dienone is 4. The lowest BCUT2D eigenvalue weighted by atomic mass is 9.48.